The number of morpholine rings is 1. The van der Waals surface area contributed by atoms with Crippen LogP contribution in [0.5, 0.6) is 0 Å². The number of rotatable bonds is 6. The lowest BCUT2D eigenvalue weighted by Crippen LogP contribution is -2.41. The summed E-state index contributed by atoms with van der Waals surface area (Å²) in [5.74, 6) is 0.389. The quantitative estimate of drug-likeness (QED) is 0.783. The second kappa shape index (κ2) is 8.77. The molecule has 0 aliphatic carbocycles. The number of carbonyl (C=O) groups excluding carboxylic acids is 2. The Kier molecular flexibility index (Phi) is 6.18. The van der Waals surface area contributed by atoms with E-state index >= 15 is 0 Å². The van der Waals surface area contributed by atoms with Crippen LogP contribution < -0.4 is 5.32 Å². The van der Waals surface area contributed by atoms with Crippen molar-refractivity contribution in [3.8, 4) is 5.69 Å². The molecular weight excluding hydrogens is 356 g/mol. The maximum Gasteiger partial charge on any atom is 0.234 e. The topological polar surface area (TPSA) is 102 Å². The van der Waals surface area contributed by atoms with Crippen molar-refractivity contribution >= 4 is 29.3 Å². The minimum Gasteiger partial charge on any atom is -0.378 e. The van der Waals surface area contributed by atoms with Crippen LogP contribution in [0.4, 0.5) is 5.69 Å². The van der Waals surface area contributed by atoms with Crippen molar-refractivity contribution in [2.75, 3.05) is 43.1 Å². The number of tetrazole rings is 1. The lowest BCUT2D eigenvalue weighted by atomic mass is 10.2. The highest BCUT2D eigenvalue weighted by Crippen LogP contribution is 2.18. The number of hydrogen-bond donors (Lipinski definition) is 1. The van der Waals surface area contributed by atoms with Crippen LogP contribution in [0.3, 0.4) is 0 Å². The Labute approximate surface area is 155 Å². The number of hydrogen-bond acceptors (Lipinski definition) is 7. The third-order valence-electron chi connectivity index (χ3n) is 3.91. The van der Waals surface area contributed by atoms with Crippen LogP contribution in [0.15, 0.2) is 24.5 Å². The Morgan fingerprint density at radius 1 is 1.27 bits per heavy atom. The molecule has 0 radical (unpaired) electrons. The molecule has 1 fully saturated rings. The summed E-state index contributed by atoms with van der Waals surface area (Å²) in [6, 6.07) is 5.53. The standard InChI is InChI=1S/C16H20N6O3S/c1-12-2-3-13(8-14(12)22-11-17-19-20-22)18-15(23)9-26-10-16(24)21-4-6-25-7-5-21/h2-3,8,11H,4-7,9-10H2,1H3,(H,18,23). The highest BCUT2D eigenvalue weighted by Gasteiger charge is 2.17. The van der Waals surface area contributed by atoms with Gasteiger partial charge < -0.3 is 15.0 Å². The molecule has 2 heterocycles. The Morgan fingerprint density at radius 2 is 2.08 bits per heavy atom. The molecule has 26 heavy (non-hydrogen) atoms. The van der Waals surface area contributed by atoms with Gasteiger partial charge in [-0.1, -0.05) is 6.07 Å². The molecule has 0 bridgehead atoms. The van der Waals surface area contributed by atoms with E-state index in [1.807, 2.05) is 25.1 Å². The van der Waals surface area contributed by atoms with E-state index in [0.717, 1.165) is 11.3 Å². The number of thioether (sulfide) groups is 1. The van der Waals surface area contributed by atoms with Gasteiger partial charge in [-0.05, 0) is 35.0 Å². The minimum absolute atomic E-state index is 0.0439. The van der Waals surface area contributed by atoms with Gasteiger partial charge in [0.2, 0.25) is 11.8 Å². The zero-order valence-corrected chi connectivity index (χ0v) is 15.2. The number of aryl methyl sites for hydroxylation is 1. The molecule has 1 aliphatic rings. The van der Waals surface area contributed by atoms with Crippen molar-refractivity contribution in [2.45, 2.75) is 6.92 Å². The van der Waals surface area contributed by atoms with Gasteiger partial charge in [-0.25, -0.2) is 4.68 Å². The number of nitrogens with zero attached hydrogens (tertiary/aromatic N) is 5. The summed E-state index contributed by atoms with van der Waals surface area (Å²) in [5.41, 5.74) is 2.44. The summed E-state index contributed by atoms with van der Waals surface area (Å²) in [7, 11) is 0. The van der Waals surface area contributed by atoms with Gasteiger partial charge in [0.15, 0.2) is 0 Å². The monoisotopic (exact) mass is 376 g/mol. The predicted molar refractivity (Wildman–Crippen MR) is 97.2 cm³/mol. The van der Waals surface area contributed by atoms with E-state index in [1.54, 1.807) is 9.58 Å². The highest BCUT2D eigenvalue weighted by atomic mass is 32.2. The Bertz CT molecular complexity index is 761. The van der Waals surface area contributed by atoms with E-state index in [9.17, 15) is 9.59 Å². The molecule has 1 aromatic carbocycles. The van der Waals surface area contributed by atoms with E-state index in [2.05, 4.69) is 20.8 Å². The first-order valence-electron chi connectivity index (χ1n) is 8.20. The van der Waals surface area contributed by atoms with Gasteiger partial charge >= 0.3 is 0 Å². The van der Waals surface area contributed by atoms with Crippen LogP contribution in [-0.2, 0) is 14.3 Å². The highest BCUT2D eigenvalue weighted by molar-refractivity contribution is 8.00. The van der Waals surface area contributed by atoms with Crippen molar-refractivity contribution < 1.29 is 14.3 Å². The number of aromatic nitrogens is 4. The van der Waals surface area contributed by atoms with Crippen molar-refractivity contribution in [3.63, 3.8) is 0 Å². The summed E-state index contributed by atoms with van der Waals surface area (Å²) >= 11 is 1.31. The third kappa shape index (κ3) is 4.79. The molecule has 0 atom stereocenters. The molecule has 1 aromatic heterocycles. The molecule has 1 aliphatic heterocycles. The molecule has 138 valence electrons. The molecular formula is C16H20N6O3S. The fourth-order valence-electron chi connectivity index (χ4n) is 2.54. The van der Waals surface area contributed by atoms with Gasteiger partial charge in [-0.3, -0.25) is 9.59 Å². The molecule has 3 rings (SSSR count). The van der Waals surface area contributed by atoms with Crippen molar-refractivity contribution in [1.29, 1.82) is 0 Å². The van der Waals surface area contributed by atoms with E-state index in [0.29, 0.717) is 32.0 Å². The van der Waals surface area contributed by atoms with Crippen LogP contribution in [0.2, 0.25) is 0 Å². The molecule has 10 heteroatoms. The summed E-state index contributed by atoms with van der Waals surface area (Å²) in [4.78, 5) is 25.9. The SMILES string of the molecule is Cc1ccc(NC(=O)CSCC(=O)N2CCOCC2)cc1-n1cnnn1. The van der Waals surface area contributed by atoms with Crippen LogP contribution in [0, 0.1) is 6.92 Å². The zero-order chi connectivity index (χ0) is 18.4. The number of nitrogens with one attached hydrogen (secondary N) is 1. The Hall–Kier alpha value is -2.46. The average Bonchev–Trinajstić information content (AvgIpc) is 3.18. The van der Waals surface area contributed by atoms with Crippen LogP contribution in [-0.4, -0.2) is 74.7 Å². The normalized spacial score (nSPS) is 14.3. The summed E-state index contributed by atoms with van der Waals surface area (Å²) in [6.45, 7) is 4.33. The molecule has 2 aromatic rings. The van der Waals surface area contributed by atoms with Crippen LogP contribution in [0.25, 0.3) is 5.69 Å². The average molecular weight is 376 g/mol. The molecule has 2 amide bonds. The lowest BCUT2D eigenvalue weighted by molar-refractivity contribution is -0.132. The van der Waals surface area contributed by atoms with Crippen LogP contribution >= 0.6 is 11.8 Å². The number of benzene rings is 1. The molecule has 1 saturated heterocycles. The molecule has 9 nitrogen and oxygen atoms in total. The van der Waals surface area contributed by atoms with Gasteiger partial charge in [-0.2, -0.15) is 0 Å². The zero-order valence-electron chi connectivity index (χ0n) is 14.4. The van der Waals surface area contributed by atoms with Crippen molar-refractivity contribution in [3.05, 3.63) is 30.1 Å². The maximum absolute atomic E-state index is 12.1. The molecule has 0 spiro atoms. The predicted octanol–water partition coefficient (Wildman–Crippen LogP) is 0.501. The Morgan fingerprint density at radius 3 is 2.81 bits per heavy atom. The number of carbonyl (C=O) groups is 2. The van der Waals surface area contributed by atoms with Crippen molar-refractivity contribution in [2.24, 2.45) is 0 Å². The second-order valence-corrected chi connectivity index (χ2v) is 6.78. The van der Waals surface area contributed by atoms with Gasteiger partial charge in [0.25, 0.3) is 0 Å². The fraction of sp³-hybridized carbons (Fsp3) is 0.438. The number of ether oxygens (including phenoxy) is 1. The lowest BCUT2D eigenvalue weighted by Gasteiger charge is -2.26. The van der Waals surface area contributed by atoms with Gasteiger partial charge in [0, 0.05) is 18.8 Å². The van der Waals surface area contributed by atoms with Gasteiger partial charge in [0.1, 0.15) is 6.33 Å². The summed E-state index contributed by atoms with van der Waals surface area (Å²) in [5, 5.41) is 14.0. The number of anilines is 1. The van der Waals surface area contributed by atoms with E-state index < -0.39 is 0 Å². The molecule has 1 N–H and O–H groups in total. The van der Waals surface area contributed by atoms with E-state index in [1.165, 1.54) is 18.1 Å². The van der Waals surface area contributed by atoms with Gasteiger partial charge in [-0.15, -0.1) is 16.9 Å². The number of amides is 2. The largest absolute Gasteiger partial charge is 0.378 e. The van der Waals surface area contributed by atoms with Gasteiger partial charge in [0.05, 0.1) is 30.4 Å². The maximum atomic E-state index is 12.1. The third-order valence-corrected chi connectivity index (χ3v) is 4.83. The van der Waals surface area contributed by atoms with E-state index in [-0.39, 0.29) is 23.3 Å². The first-order valence-corrected chi connectivity index (χ1v) is 9.36. The summed E-state index contributed by atoms with van der Waals surface area (Å²) < 4.78 is 6.77. The smallest absolute Gasteiger partial charge is 0.234 e. The second-order valence-electron chi connectivity index (χ2n) is 5.79. The van der Waals surface area contributed by atoms with Crippen LogP contribution in [0.1, 0.15) is 5.56 Å². The first-order chi connectivity index (χ1) is 12.6. The Balaban J connectivity index is 1.49. The summed E-state index contributed by atoms with van der Waals surface area (Å²) in [6.07, 6.45) is 1.50. The first kappa shape index (κ1) is 18.3. The molecule has 0 unspecified atom stereocenters. The fourth-order valence-corrected chi connectivity index (χ4v) is 3.25. The van der Waals surface area contributed by atoms with E-state index in [4.69, 9.17) is 4.74 Å². The van der Waals surface area contributed by atoms with Crippen molar-refractivity contribution in [1.82, 2.24) is 25.1 Å². The minimum atomic E-state index is -0.156. The molecule has 0 saturated carbocycles.